The van der Waals surface area contributed by atoms with E-state index in [-0.39, 0.29) is 6.61 Å². The van der Waals surface area contributed by atoms with E-state index in [1.165, 1.54) is 95.5 Å². The molecule has 0 aliphatic carbocycles. The highest BCUT2D eigenvalue weighted by Gasteiger charge is 2.12. The van der Waals surface area contributed by atoms with Crippen LogP contribution in [0.15, 0.2) is 24.3 Å². The van der Waals surface area contributed by atoms with Crippen LogP contribution in [0.25, 0.3) is 0 Å². The van der Waals surface area contributed by atoms with Crippen LogP contribution in [0.1, 0.15) is 115 Å². The molecule has 1 rings (SSSR count). The molecule has 0 spiro atoms. The molecule has 1 aromatic rings. The van der Waals surface area contributed by atoms with Crippen molar-refractivity contribution in [2.45, 2.75) is 110 Å². The zero-order chi connectivity index (χ0) is 36.6. The maximum Gasteiger partial charge on any atom is 0.119 e. The average molecular weight is 729 g/mol. The predicted octanol–water partition coefficient (Wildman–Crippen LogP) is 7.78. The van der Waals surface area contributed by atoms with Gasteiger partial charge in [0.2, 0.25) is 0 Å². The van der Waals surface area contributed by atoms with Gasteiger partial charge >= 0.3 is 0 Å². The predicted molar refractivity (Wildman–Crippen MR) is 204 cm³/mol. The van der Waals surface area contributed by atoms with Crippen molar-refractivity contribution in [2.24, 2.45) is 0 Å². The van der Waals surface area contributed by atoms with E-state index in [9.17, 15) is 0 Å². The Morgan fingerprint density at radius 2 is 0.706 bits per heavy atom. The zero-order valence-electron chi connectivity index (χ0n) is 32.6. The fraction of sp³-hybridized carbons (Fsp3) is 0.854. The summed E-state index contributed by atoms with van der Waals surface area (Å²) in [6, 6.07) is 8.83. The minimum absolute atomic E-state index is 0.0297. The van der Waals surface area contributed by atoms with Gasteiger partial charge in [-0.2, -0.15) is 0 Å². The van der Waals surface area contributed by atoms with Crippen LogP contribution < -0.4 is 4.74 Å². The van der Waals surface area contributed by atoms with Gasteiger partial charge in [0.1, 0.15) is 12.4 Å². The van der Waals surface area contributed by atoms with E-state index in [1.807, 2.05) is 0 Å². The summed E-state index contributed by atoms with van der Waals surface area (Å²) in [5.74, 6) is 1.57. The normalized spacial score (nSPS) is 11.6. The number of aliphatic hydroxyl groups excluding tert-OH is 1. The molecule has 0 amide bonds. The number of hydrogen-bond donors (Lipinski definition) is 1. The molecular formula is C41H76O10. The first-order chi connectivity index (χ1) is 25.3. The molecule has 0 unspecified atom stereocenters. The van der Waals surface area contributed by atoms with Crippen molar-refractivity contribution in [3.8, 4) is 5.75 Å². The summed E-state index contributed by atoms with van der Waals surface area (Å²) >= 11 is 0. The van der Waals surface area contributed by atoms with E-state index in [4.69, 9.17) is 47.7 Å². The fourth-order valence-electron chi connectivity index (χ4n) is 5.58. The van der Waals surface area contributed by atoms with Gasteiger partial charge in [-0.3, -0.25) is 0 Å². The number of aliphatic hydroxyl groups is 1. The summed E-state index contributed by atoms with van der Waals surface area (Å²) in [4.78, 5) is 0. The maximum absolute atomic E-state index is 8.61. The van der Waals surface area contributed by atoms with Gasteiger partial charge in [-0.05, 0) is 36.5 Å². The van der Waals surface area contributed by atoms with E-state index in [0.717, 1.165) is 5.75 Å². The van der Waals surface area contributed by atoms with Crippen molar-refractivity contribution in [3.63, 3.8) is 0 Å². The topological polar surface area (TPSA) is 103 Å². The van der Waals surface area contributed by atoms with Gasteiger partial charge in [0.15, 0.2) is 0 Å². The molecule has 0 saturated carbocycles. The fourth-order valence-corrected chi connectivity index (χ4v) is 5.58. The molecule has 51 heavy (non-hydrogen) atoms. The Morgan fingerprint density at radius 3 is 1.06 bits per heavy atom. The second-order valence-electron chi connectivity index (χ2n) is 12.8. The number of hydrogen-bond acceptors (Lipinski definition) is 10. The molecule has 10 nitrogen and oxygen atoms in total. The minimum atomic E-state index is 0.0297. The molecule has 0 radical (unpaired) electrons. The lowest BCUT2D eigenvalue weighted by molar-refractivity contribution is -0.0242. The van der Waals surface area contributed by atoms with E-state index in [0.29, 0.717) is 118 Å². The average Bonchev–Trinajstić information content (AvgIpc) is 3.15. The lowest BCUT2D eigenvalue weighted by atomic mass is 9.88. The molecule has 300 valence electrons. The van der Waals surface area contributed by atoms with Crippen LogP contribution in [0.4, 0.5) is 0 Å². The van der Waals surface area contributed by atoms with E-state index < -0.39 is 0 Å². The molecule has 0 aliphatic rings. The molecule has 1 N–H and O–H groups in total. The van der Waals surface area contributed by atoms with Crippen LogP contribution in [-0.4, -0.2) is 124 Å². The second kappa shape index (κ2) is 39.9. The Morgan fingerprint density at radius 1 is 0.392 bits per heavy atom. The first-order valence-corrected chi connectivity index (χ1v) is 20.3. The number of unbranched alkanes of at least 4 members (excludes halogenated alkanes) is 10. The highest BCUT2D eigenvalue weighted by molar-refractivity contribution is 5.29. The quantitative estimate of drug-likeness (QED) is 0.0672. The summed E-state index contributed by atoms with van der Waals surface area (Å²) in [5.41, 5.74) is 1.47. The Balaban J connectivity index is 1.96. The third kappa shape index (κ3) is 33.0. The third-order valence-electron chi connectivity index (χ3n) is 8.50. The summed E-state index contributed by atoms with van der Waals surface area (Å²) < 4.78 is 49.6. The molecule has 0 fully saturated rings. The van der Waals surface area contributed by atoms with Gasteiger partial charge in [0.25, 0.3) is 0 Å². The van der Waals surface area contributed by atoms with Crippen LogP contribution in [-0.2, 0) is 37.9 Å². The number of benzene rings is 1. The van der Waals surface area contributed by atoms with Crippen molar-refractivity contribution >= 4 is 0 Å². The monoisotopic (exact) mass is 729 g/mol. The molecule has 0 heterocycles. The molecular weight excluding hydrogens is 652 g/mol. The standard InChI is InChI=1S/C41H76O10/c1-3-5-7-9-11-13-15-39(16-14-12-10-8-6-4-2)40-17-19-41(20-18-40)51-38-37-50-36-35-49-34-33-48-32-31-47-30-29-46-28-27-45-26-25-44-24-23-43-22-21-42/h17-20,39,42H,3-16,21-38H2,1-2H3. The number of ether oxygens (including phenoxy) is 9. The van der Waals surface area contributed by atoms with Crippen LogP contribution in [0, 0.1) is 0 Å². The summed E-state index contributed by atoms with van der Waals surface area (Å²) in [7, 11) is 0. The third-order valence-corrected chi connectivity index (χ3v) is 8.50. The van der Waals surface area contributed by atoms with Gasteiger partial charge in [-0.1, -0.05) is 103 Å². The van der Waals surface area contributed by atoms with E-state index in [1.54, 1.807) is 0 Å². The molecule has 1 aromatic carbocycles. The number of rotatable bonds is 42. The smallest absolute Gasteiger partial charge is 0.119 e. The first kappa shape index (κ1) is 47.7. The van der Waals surface area contributed by atoms with Crippen molar-refractivity contribution in [1.29, 1.82) is 0 Å². The van der Waals surface area contributed by atoms with Gasteiger partial charge in [-0.25, -0.2) is 0 Å². The van der Waals surface area contributed by atoms with Gasteiger partial charge in [-0.15, -0.1) is 0 Å². The Labute approximate surface area is 311 Å². The molecule has 0 aliphatic heterocycles. The van der Waals surface area contributed by atoms with Crippen LogP contribution in [0.3, 0.4) is 0 Å². The zero-order valence-corrected chi connectivity index (χ0v) is 32.6. The first-order valence-electron chi connectivity index (χ1n) is 20.3. The van der Waals surface area contributed by atoms with Crippen molar-refractivity contribution in [1.82, 2.24) is 0 Å². The molecule has 0 bridgehead atoms. The van der Waals surface area contributed by atoms with Gasteiger partial charge < -0.3 is 47.7 Å². The Bertz CT molecular complexity index is 781. The van der Waals surface area contributed by atoms with Crippen LogP contribution >= 0.6 is 0 Å². The lowest BCUT2D eigenvalue weighted by Crippen LogP contribution is -2.15. The molecule has 0 saturated heterocycles. The van der Waals surface area contributed by atoms with E-state index in [2.05, 4.69) is 38.1 Å². The van der Waals surface area contributed by atoms with Crippen molar-refractivity contribution < 1.29 is 47.7 Å². The second-order valence-corrected chi connectivity index (χ2v) is 12.8. The molecule has 0 atom stereocenters. The largest absolute Gasteiger partial charge is 0.491 e. The Hall–Kier alpha value is -1.34. The lowest BCUT2D eigenvalue weighted by Gasteiger charge is -2.18. The van der Waals surface area contributed by atoms with Crippen LogP contribution in [0.5, 0.6) is 5.75 Å². The Kier molecular flexibility index (Phi) is 37.3. The van der Waals surface area contributed by atoms with E-state index >= 15 is 0 Å². The SMILES string of the molecule is CCCCCCCCC(CCCCCCCC)c1ccc(OCCOCCOCCOCCOCCOCCOCCOCCOCCO)cc1. The molecule has 10 heteroatoms. The maximum atomic E-state index is 8.61. The van der Waals surface area contributed by atoms with Crippen molar-refractivity contribution in [3.05, 3.63) is 29.8 Å². The molecule has 0 aromatic heterocycles. The van der Waals surface area contributed by atoms with Gasteiger partial charge in [0.05, 0.1) is 112 Å². The van der Waals surface area contributed by atoms with Gasteiger partial charge in [0, 0.05) is 0 Å². The highest BCUT2D eigenvalue weighted by atomic mass is 16.6. The summed E-state index contributed by atoms with van der Waals surface area (Å²) in [6.07, 6.45) is 18.9. The minimum Gasteiger partial charge on any atom is -0.491 e. The van der Waals surface area contributed by atoms with Crippen molar-refractivity contribution in [2.75, 3.05) is 119 Å². The summed E-state index contributed by atoms with van der Waals surface area (Å²) in [6.45, 7) is 13.2. The summed E-state index contributed by atoms with van der Waals surface area (Å²) in [5, 5.41) is 8.61. The van der Waals surface area contributed by atoms with Crippen LogP contribution in [0.2, 0.25) is 0 Å². The highest BCUT2D eigenvalue weighted by Crippen LogP contribution is 2.30.